The zero-order chi connectivity index (χ0) is 63.8. The standard InChI is InChI=1S/C74H139NO13/c1-3-5-7-9-11-13-15-17-19-21-23-25-26-27-28-29-30-31-32-33-34-35-36-38-39-41-43-45-47-49-51-53-55-57-63(78)62(61-85-73-71(84)69(82)72(65(60-77)87-73)88-74-70(83)68(81)67(80)64(59-76)86-74)75-66(79)58-56-54-52-50-48-46-44-42-40-37-24-22-20-18-16-14-12-10-8-6-4-2/h39,41,47,49,55,57,62-65,67-74,76-78,80-84H,3-38,40,42-46,48,50-54,56,58-61H2,1-2H3,(H,75,79)/b41-39+,49-47+,57-55+. The first kappa shape index (κ1) is 82.3. The van der Waals surface area contributed by atoms with E-state index in [1.807, 2.05) is 6.08 Å². The molecule has 518 valence electrons. The minimum absolute atomic E-state index is 0.247. The number of hydrogen-bond donors (Lipinski definition) is 9. The molecule has 2 aliphatic rings. The number of amides is 1. The van der Waals surface area contributed by atoms with Gasteiger partial charge in [0.15, 0.2) is 12.6 Å². The predicted molar refractivity (Wildman–Crippen MR) is 360 cm³/mol. The molecule has 0 saturated carbocycles. The Kier molecular flexibility index (Phi) is 55.2. The maximum Gasteiger partial charge on any atom is 0.220 e. The molecule has 2 fully saturated rings. The Bertz CT molecular complexity index is 1620. The number of allylic oxidation sites excluding steroid dienone is 5. The molecule has 12 unspecified atom stereocenters. The summed E-state index contributed by atoms with van der Waals surface area (Å²) in [7, 11) is 0. The summed E-state index contributed by atoms with van der Waals surface area (Å²) in [6.07, 6.45) is 59.4. The molecule has 88 heavy (non-hydrogen) atoms. The van der Waals surface area contributed by atoms with Crippen LogP contribution in [0.4, 0.5) is 0 Å². The molecule has 2 rings (SSSR count). The second-order valence-electron chi connectivity index (χ2n) is 26.4. The van der Waals surface area contributed by atoms with Crippen molar-refractivity contribution in [2.75, 3.05) is 19.8 Å². The van der Waals surface area contributed by atoms with Crippen LogP contribution in [-0.2, 0) is 23.7 Å². The molecule has 2 aliphatic heterocycles. The molecule has 9 N–H and O–H groups in total. The highest BCUT2D eigenvalue weighted by Gasteiger charge is 2.51. The van der Waals surface area contributed by atoms with E-state index in [0.29, 0.717) is 12.8 Å². The third kappa shape index (κ3) is 42.4. The Morgan fingerprint density at radius 2 is 0.727 bits per heavy atom. The van der Waals surface area contributed by atoms with Crippen LogP contribution in [0.3, 0.4) is 0 Å². The lowest BCUT2D eigenvalue weighted by atomic mass is 9.97. The monoisotopic (exact) mass is 1250 g/mol. The Labute approximate surface area is 538 Å². The third-order valence-electron chi connectivity index (χ3n) is 18.3. The first-order valence-electron chi connectivity index (χ1n) is 37.2. The lowest BCUT2D eigenvalue weighted by Crippen LogP contribution is -2.65. The van der Waals surface area contributed by atoms with Gasteiger partial charge in [-0.05, 0) is 44.9 Å². The molecule has 0 aliphatic carbocycles. The summed E-state index contributed by atoms with van der Waals surface area (Å²) in [6, 6.07) is -0.937. The molecule has 14 nitrogen and oxygen atoms in total. The van der Waals surface area contributed by atoms with Crippen molar-refractivity contribution in [1.82, 2.24) is 5.32 Å². The maximum atomic E-state index is 13.3. The van der Waals surface area contributed by atoms with Gasteiger partial charge >= 0.3 is 0 Å². The van der Waals surface area contributed by atoms with Gasteiger partial charge in [0.25, 0.3) is 0 Å². The number of rotatable bonds is 62. The van der Waals surface area contributed by atoms with Crippen LogP contribution < -0.4 is 5.32 Å². The number of aliphatic hydroxyl groups is 8. The van der Waals surface area contributed by atoms with Crippen molar-refractivity contribution < 1.29 is 64.6 Å². The van der Waals surface area contributed by atoms with Crippen molar-refractivity contribution in [1.29, 1.82) is 0 Å². The smallest absolute Gasteiger partial charge is 0.220 e. The number of unbranched alkanes of at least 4 members (excludes halogenated alkanes) is 45. The van der Waals surface area contributed by atoms with Gasteiger partial charge in [0.05, 0.1) is 32.0 Å². The molecular weight excluding hydrogens is 1110 g/mol. The fraction of sp³-hybridized carbons (Fsp3) is 0.905. The van der Waals surface area contributed by atoms with Crippen molar-refractivity contribution >= 4 is 5.91 Å². The maximum absolute atomic E-state index is 13.3. The Balaban J connectivity index is 1.67. The fourth-order valence-corrected chi connectivity index (χ4v) is 12.4. The molecule has 0 bridgehead atoms. The normalized spacial score (nSPS) is 23.3. The van der Waals surface area contributed by atoms with Crippen LogP contribution in [0.15, 0.2) is 36.5 Å². The second kappa shape index (κ2) is 59.0. The van der Waals surface area contributed by atoms with Gasteiger partial charge in [0.2, 0.25) is 5.91 Å². The molecule has 0 radical (unpaired) electrons. The van der Waals surface area contributed by atoms with E-state index in [0.717, 1.165) is 44.9 Å². The van der Waals surface area contributed by atoms with E-state index in [1.165, 1.54) is 257 Å². The second-order valence-corrected chi connectivity index (χ2v) is 26.4. The number of nitrogens with one attached hydrogen (secondary N) is 1. The van der Waals surface area contributed by atoms with Crippen LogP contribution in [0.5, 0.6) is 0 Å². The summed E-state index contributed by atoms with van der Waals surface area (Å²) in [5, 5.41) is 87.5. The number of ether oxygens (including phenoxy) is 4. The van der Waals surface area contributed by atoms with E-state index >= 15 is 0 Å². The van der Waals surface area contributed by atoms with Crippen molar-refractivity contribution in [3.8, 4) is 0 Å². The summed E-state index contributed by atoms with van der Waals surface area (Å²) in [5.41, 5.74) is 0. The van der Waals surface area contributed by atoms with Crippen molar-refractivity contribution in [2.45, 2.75) is 408 Å². The minimum Gasteiger partial charge on any atom is -0.394 e. The highest BCUT2D eigenvalue weighted by atomic mass is 16.7. The Hall–Kier alpha value is -1.79. The molecule has 1 amide bonds. The molecule has 12 atom stereocenters. The van der Waals surface area contributed by atoms with Crippen LogP contribution in [0, 0.1) is 0 Å². The van der Waals surface area contributed by atoms with Crippen molar-refractivity contribution in [2.24, 2.45) is 0 Å². The van der Waals surface area contributed by atoms with E-state index in [1.54, 1.807) is 6.08 Å². The molecule has 0 aromatic rings. The van der Waals surface area contributed by atoms with E-state index in [4.69, 9.17) is 18.9 Å². The van der Waals surface area contributed by atoms with Crippen LogP contribution >= 0.6 is 0 Å². The number of carbonyl (C=O) groups is 1. The SMILES string of the molecule is CCCCCCCCCCCCCCCCCCCCCCCCC/C=C/CC/C=C/CC/C=C/C(O)C(COC1OC(CO)C(OC2OC(CO)C(O)C(O)C2O)C(O)C1O)NC(=O)CCCCCCCCCCCCCCCCCCCCCCC. The van der Waals surface area contributed by atoms with Gasteiger partial charge in [0, 0.05) is 6.42 Å². The zero-order valence-corrected chi connectivity index (χ0v) is 56.5. The largest absolute Gasteiger partial charge is 0.394 e. The third-order valence-corrected chi connectivity index (χ3v) is 18.3. The van der Waals surface area contributed by atoms with Gasteiger partial charge in [-0.25, -0.2) is 0 Å². The summed E-state index contributed by atoms with van der Waals surface area (Å²) < 4.78 is 22.9. The summed E-state index contributed by atoms with van der Waals surface area (Å²) in [4.78, 5) is 13.3. The molecule has 2 saturated heterocycles. The molecule has 0 spiro atoms. The quantitative estimate of drug-likeness (QED) is 0.0204. The van der Waals surface area contributed by atoms with Gasteiger partial charge in [-0.3, -0.25) is 4.79 Å². The highest BCUT2D eigenvalue weighted by molar-refractivity contribution is 5.76. The van der Waals surface area contributed by atoms with Crippen LogP contribution in [0.1, 0.15) is 335 Å². The van der Waals surface area contributed by atoms with Crippen LogP contribution in [0.2, 0.25) is 0 Å². The van der Waals surface area contributed by atoms with Crippen LogP contribution in [-0.4, -0.2) is 140 Å². The molecular formula is C74H139NO13. The average molecular weight is 1250 g/mol. The summed E-state index contributed by atoms with van der Waals surface area (Å²) >= 11 is 0. The lowest BCUT2D eigenvalue weighted by molar-refractivity contribution is -0.359. The van der Waals surface area contributed by atoms with Crippen molar-refractivity contribution in [3.05, 3.63) is 36.5 Å². The number of carbonyl (C=O) groups excluding carboxylic acids is 1. The molecule has 0 aromatic heterocycles. The van der Waals surface area contributed by atoms with Gasteiger partial charge in [0.1, 0.15) is 48.8 Å². The van der Waals surface area contributed by atoms with Crippen molar-refractivity contribution in [3.63, 3.8) is 0 Å². The zero-order valence-electron chi connectivity index (χ0n) is 56.5. The first-order chi connectivity index (χ1) is 43.1. The number of hydrogen-bond acceptors (Lipinski definition) is 13. The van der Waals surface area contributed by atoms with E-state index in [-0.39, 0.29) is 18.9 Å². The van der Waals surface area contributed by atoms with E-state index in [2.05, 4.69) is 43.5 Å². The molecule has 0 aromatic carbocycles. The molecule has 14 heteroatoms. The average Bonchev–Trinajstić information content (AvgIpc) is 2.02. The topological polar surface area (TPSA) is 228 Å². The van der Waals surface area contributed by atoms with Gasteiger partial charge in [-0.1, -0.05) is 320 Å². The summed E-state index contributed by atoms with van der Waals surface area (Å²) in [6.45, 7) is 2.83. The lowest BCUT2D eigenvalue weighted by Gasteiger charge is -2.46. The van der Waals surface area contributed by atoms with Gasteiger partial charge in [-0.2, -0.15) is 0 Å². The van der Waals surface area contributed by atoms with E-state index < -0.39 is 86.8 Å². The first-order valence-corrected chi connectivity index (χ1v) is 37.2. The minimum atomic E-state index is -1.79. The summed E-state index contributed by atoms with van der Waals surface area (Å²) in [5.74, 6) is -0.247. The number of aliphatic hydroxyl groups excluding tert-OH is 8. The van der Waals surface area contributed by atoms with Gasteiger partial charge in [-0.15, -0.1) is 0 Å². The predicted octanol–water partition coefficient (Wildman–Crippen LogP) is 15.7. The fourth-order valence-electron chi connectivity index (χ4n) is 12.4. The van der Waals surface area contributed by atoms with E-state index in [9.17, 15) is 45.6 Å². The Morgan fingerprint density at radius 3 is 1.11 bits per heavy atom. The molecule has 2 heterocycles. The Morgan fingerprint density at radius 1 is 0.398 bits per heavy atom. The highest BCUT2D eigenvalue weighted by Crippen LogP contribution is 2.30. The van der Waals surface area contributed by atoms with Gasteiger partial charge < -0.3 is 65.1 Å². The van der Waals surface area contributed by atoms with Crippen LogP contribution in [0.25, 0.3) is 0 Å².